The average Bonchev–Trinajstić information content (AvgIpc) is 2.44. The molecule has 0 aliphatic rings. The highest BCUT2D eigenvalue weighted by Gasteiger charge is 2.10. The number of pyridine rings is 1. The van der Waals surface area contributed by atoms with Crippen LogP contribution in [0.2, 0.25) is 0 Å². The molecule has 1 aromatic carbocycles. The van der Waals surface area contributed by atoms with E-state index in [1.165, 1.54) is 5.56 Å². The fraction of sp³-hybridized carbons (Fsp3) is 0.267. The Balaban J connectivity index is 2.09. The minimum absolute atomic E-state index is 0.206. The number of rotatable bonds is 5. The van der Waals surface area contributed by atoms with E-state index in [0.717, 1.165) is 13.1 Å². The van der Waals surface area contributed by atoms with Crippen molar-refractivity contribution in [3.63, 3.8) is 0 Å². The van der Waals surface area contributed by atoms with Crippen LogP contribution in [0.1, 0.15) is 18.1 Å². The molecule has 0 aliphatic carbocycles. The second-order valence-electron chi connectivity index (χ2n) is 4.48. The summed E-state index contributed by atoms with van der Waals surface area (Å²) in [6.07, 6.45) is 3.54. The van der Waals surface area contributed by atoms with E-state index in [9.17, 15) is 4.39 Å². The van der Waals surface area contributed by atoms with E-state index in [1.807, 2.05) is 12.1 Å². The van der Waals surface area contributed by atoms with Gasteiger partial charge < -0.3 is 5.73 Å². The van der Waals surface area contributed by atoms with Gasteiger partial charge in [0, 0.05) is 31.0 Å². The maximum Gasteiger partial charge on any atom is 0.150 e. The van der Waals surface area contributed by atoms with Crippen molar-refractivity contribution < 1.29 is 4.39 Å². The molecule has 4 heteroatoms. The summed E-state index contributed by atoms with van der Waals surface area (Å²) in [5.41, 5.74) is 7.60. The fourth-order valence-corrected chi connectivity index (χ4v) is 1.99. The molecule has 1 heterocycles. The van der Waals surface area contributed by atoms with Crippen molar-refractivity contribution in [1.82, 2.24) is 9.88 Å². The highest BCUT2D eigenvalue weighted by atomic mass is 19.1. The van der Waals surface area contributed by atoms with E-state index in [-0.39, 0.29) is 11.5 Å². The summed E-state index contributed by atoms with van der Waals surface area (Å²) < 4.78 is 13.9. The number of nitrogen functional groups attached to an aromatic ring is 1. The molecule has 0 fully saturated rings. The summed E-state index contributed by atoms with van der Waals surface area (Å²) in [5.74, 6) is -0.310. The third kappa shape index (κ3) is 3.51. The van der Waals surface area contributed by atoms with Gasteiger partial charge in [-0.25, -0.2) is 4.39 Å². The molecule has 0 unspecified atom stereocenters. The zero-order chi connectivity index (χ0) is 13.7. The van der Waals surface area contributed by atoms with Crippen molar-refractivity contribution >= 4 is 5.69 Å². The number of anilines is 1. The second kappa shape index (κ2) is 6.29. The summed E-state index contributed by atoms with van der Waals surface area (Å²) in [6, 6.07) is 9.09. The van der Waals surface area contributed by atoms with Crippen molar-refractivity contribution in [3.05, 3.63) is 59.7 Å². The normalized spacial score (nSPS) is 10.9. The van der Waals surface area contributed by atoms with Crippen LogP contribution in [0, 0.1) is 5.82 Å². The largest absolute Gasteiger partial charge is 0.396 e. The smallest absolute Gasteiger partial charge is 0.150 e. The highest BCUT2D eigenvalue weighted by Crippen LogP contribution is 2.17. The Morgan fingerprint density at radius 1 is 1.16 bits per heavy atom. The molecule has 0 aliphatic heterocycles. The molecule has 3 nitrogen and oxygen atoms in total. The minimum atomic E-state index is -0.310. The van der Waals surface area contributed by atoms with Gasteiger partial charge in [-0.15, -0.1) is 0 Å². The molecule has 0 amide bonds. The summed E-state index contributed by atoms with van der Waals surface area (Å²) in [5, 5.41) is 0. The number of hydrogen-bond acceptors (Lipinski definition) is 3. The SMILES string of the molecule is CCN(Cc1ccncc1)Cc1cccc(N)c1F. The molecule has 0 saturated carbocycles. The van der Waals surface area contributed by atoms with Crippen LogP contribution in [0.4, 0.5) is 10.1 Å². The fourth-order valence-electron chi connectivity index (χ4n) is 1.99. The van der Waals surface area contributed by atoms with Gasteiger partial charge in [0.1, 0.15) is 0 Å². The van der Waals surface area contributed by atoms with Gasteiger partial charge in [0.05, 0.1) is 5.69 Å². The number of aromatic nitrogens is 1. The van der Waals surface area contributed by atoms with E-state index >= 15 is 0 Å². The standard InChI is InChI=1S/C15H18FN3/c1-2-19(10-12-6-8-18-9-7-12)11-13-4-3-5-14(17)15(13)16/h3-9H,2,10-11,17H2,1H3. The average molecular weight is 259 g/mol. The van der Waals surface area contributed by atoms with Crippen LogP contribution >= 0.6 is 0 Å². The van der Waals surface area contributed by atoms with E-state index in [4.69, 9.17) is 5.73 Å². The third-order valence-corrected chi connectivity index (χ3v) is 3.11. The molecule has 2 N–H and O–H groups in total. The monoisotopic (exact) mass is 259 g/mol. The first-order valence-electron chi connectivity index (χ1n) is 6.34. The van der Waals surface area contributed by atoms with Gasteiger partial charge in [-0.3, -0.25) is 9.88 Å². The van der Waals surface area contributed by atoms with E-state index in [1.54, 1.807) is 30.6 Å². The summed E-state index contributed by atoms with van der Waals surface area (Å²) >= 11 is 0. The Morgan fingerprint density at radius 2 is 1.89 bits per heavy atom. The highest BCUT2D eigenvalue weighted by molar-refractivity contribution is 5.42. The Morgan fingerprint density at radius 3 is 2.58 bits per heavy atom. The quantitative estimate of drug-likeness (QED) is 0.840. The van der Waals surface area contributed by atoms with Crippen molar-refractivity contribution in [3.8, 4) is 0 Å². The van der Waals surface area contributed by atoms with Crippen LogP contribution in [-0.4, -0.2) is 16.4 Å². The van der Waals surface area contributed by atoms with Crippen molar-refractivity contribution in [2.24, 2.45) is 0 Å². The first-order valence-corrected chi connectivity index (χ1v) is 6.34. The number of benzene rings is 1. The van der Waals surface area contributed by atoms with Crippen molar-refractivity contribution in [1.29, 1.82) is 0 Å². The maximum absolute atomic E-state index is 13.9. The second-order valence-corrected chi connectivity index (χ2v) is 4.48. The lowest BCUT2D eigenvalue weighted by Gasteiger charge is -2.21. The predicted molar refractivity (Wildman–Crippen MR) is 74.8 cm³/mol. The lowest BCUT2D eigenvalue weighted by molar-refractivity contribution is 0.267. The molecule has 0 saturated heterocycles. The molecule has 1 aromatic heterocycles. The molecule has 0 atom stereocenters. The van der Waals surface area contributed by atoms with Gasteiger partial charge in [-0.2, -0.15) is 0 Å². The zero-order valence-corrected chi connectivity index (χ0v) is 11.0. The third-order valence-electron chi connectivity index (χ3n) is 3.11. The Bertz CT molecular complexity index is 528. The van der Waals surface area contributed by atoms with Crippen molar-refractivity contribution in [2.45, 2.75) is 20.0 Å². The lowest BCUT2D eigenvalue weighted by Crippen LogP contribution is -2.23. The Hall–Kier alpha value is -1.94. The number of halogens is 1. The number of nitrogens with zero attached hydrogens (tertiary/aromatic N) is 2. The summed E-state index contributed by atoms with van der Waals surface area (Å²) in [6.45, 7) is 4.23. The lowest BCUT2D eigenvalue weighted by atomic mass is 10.1. The maximum atomic E-state index is 13.9. The molecule has 0 bridgehead atoms. The van der Waals surface area contributed by atoms with Crippen molar-refractivity contribution in [2.75, 3.05) is 12.3 Å². The predicted octanol–water partition coefficient (Wildman–Crippen LogP) is 2.83. The molecule has 2 aromatic rings. The molecular weight excluding hydrogens is 241 g/mol. The van der Waals surface area contributed by atoms with Gasteiger partial charge in [-0.05, 0) is 30.3 Å². The van der Waals surface area contributed by atoms with Crippen LogP contribution in [0.3, 0.4) is 0 Å². The first kappa shape index (κ1) is 13.5. The molecule has 2 rings (SSSR count). The van der Waals surface area contributed by atoms with E-state index in [0.29, 0.717) is 12.1 Å². The van der Waals surface area contributed by atoms with Crippen LogP contribution in [0.25, 0.3) is 0 Å². The Kier molecular flexibility index (Phi) is 4.47. The minimum Gasteiger partial charge on any atom is -0.396 e. The van der Waals surface area contributed by atoms with Gasteiger partial charge in [0.2, 0.25) is 0 Å². The van der Waals surface area contributed by atoms with E-state index in [2.05, 4.69) is 16.8 Å². The van der Waals surface area contributed by atoms with Gasteiger partial charge >= 0.3 is 0 Å². The number of hydrogen-bond donors (Lipinski definition) is 1. The molecular formula is C15H18FN3. The van der Waals surface area contributed by atoms with Crippen LogP contribution in [0.15, 0.2) is 42.7 Å². The molecule has 0 radical (unpaired) electrons. The summed E-state index contributed by atoms with van der Waals surface area (Å²) in [4.78, 5) is 6.15. The van der Waals surface area contributed by atoms with Gasteiger partial charge in [-0.1, -0.05) is 19.1 Å². The van der Waals surface area contributed by atoms with Crippen LogP contribution < -0.4 is 5.73 Å². The first-order chi connectivity index (χ1) is 9.20. The molecule has 100 valence electrons. The molecule has 0 spiro atoms. The topological polar surface area (TPSA) is 42.2 Å². The van der Waals surface area contributed by atoms with Crippen LogP contribution in [0.5, 0.6) is 0 Å². The van der Waals surface area contributed by atoms with Crippen LogP contribution in [-0.2, 0) is 13.1 Å². The Labute approximate surface area is 112 Å². The zero-order valence-electron chi connectivity index (χ0n) is 11.0. The van der Waals surface area contributed by atoms with E-state index < -0.39 is 0 Å². The summed E-state index contributed by atoms with van der Waals surface area (Å²) in [7, 11) is 0. The molecule has 19 heavy (non-hydrogen) atoms. The number of nitrogens with two attached hydrogens (primary N) is 1. The van der Waals surface area contributed by atoms with Gasteiger partial charge in [0.25, 0.3) is 0 Å². The van der Waals surface area contributed by atoms with Gasteiger partial charge in [0.15, 0.2) is 5.82 Å².